The molecule has 120 valence electrons. The Morgan fingerprint density at radius 2 is 1.92 bits per heavy atom. The zero-order chi connectivity index (χ0) is 16.5. The summed E-state index contributed by atoms with van der Waals surface area (Å²) >= 11 is 4.95. The number of carbonyl (C=O) groups excluding carboxylic acids is 1. The Kier molecular flexibility index (Phi) is 3.70. The summed E-state index contributed by atoms with van der Waals surface area (Å²) in [5.74, 6) is -0.231. The van der Waals surface area contributed by atoms with Crippen molar-refractivity contribution in [1.82, 2.24) is 15.2 Å². The van der Waals surface area contributed by atoms with Crippen molar-refractivity contribution in [2.45, 2.75) is 6.54 Å². The van der Waals surface area contributed by atoms with E-state index in [1.165, 1.54) is 5.01 Å². The lowest BCUT2D eigenvalue weighted by Crippen LogP contribution is -2.43. The number of aromatic nitrogens is 2. The van der Waals surface area contributed by atoms with Crippen LogP contribution >= 0.6 is 12.2 Å². The fourth-order valence-corrected chi connectivity index (χ4v) is 3.04. The highest BCUT2D eigenvalue weighted by Gasteiger charge is 2.39. The standard InChI is InChI=1S/C17H14N4O2S/c22-16-13-9-5-4-8-12(13)14(15-18-19-17(24)23-15)20-21(16)10-11-6-2-1-3-7-11/h1-9,12-13H,10H2,(H,19,24)/t12-,13-/m1/s1. The lowest BCUT2D eigenvalue weighted by atomic mass is 9.82. The molecule has 0 saturated heterocycles. The van der Waals surface area contributed by atoms with Gasteiger partial charge < -0.3 is 4.42 Å². The molecule has 1 aromatic carbocycles. The maximum absolute atomic E-state index is 12.8. The summed E-state index contributed by atoms with van der Waals surface area (Å²) in [7, 11) is 0. The van der Waals surface area contributed by atoms with Gasteiger partial charge in [0.05, 0.1) is 12.5 Å². The molecule has 7 heteroatoms. The molecule has 0 fully saturated rings. The molecular weight excluding hydrogens is 324 g/mol. The summed E-state index contributed by atoms with van der Waals surface area (Å²) in [4.78, 5) is 13.0. The Morgan fingerprint density at radius 1 is 1.17 bits per heavy atom. The first kappa shape index (κ1) is 14.8. The first-order valence-electron chi connectivity index (χ1n) is 7.57. The van der Waals surface area contributed by atoms with E-state index in [-0.39, 0.29) is 22.6 Å². The Hall–Kier alpha value is -2.80. The van der Waals surface area contributed by atoms with Gasteiger partial charge in [-0.25, -0.2) is 10.1 Å². The molecule has 2 aliphatic rings. The van der Waals surface area contributed by atoms with E-state index < -0.39 is 0 Å². The number of fused-ring (bicyclic) bond motifs is 1. The first-order chi connectivity index (χ1) is 11.7. The number of H-pyrrole nitrogens is 1. The maximum atomic E-state index is 12.8. The highest BCUT2D eigenvalue weighted by Crippen LogP contribution is 2.31. The molecule has 2 aromatic rings. The number of hydrazone groups is 1. The zero-order valence-corrected chi connectivity index (χ0v) is 13.4. The third-order valence-electron chi connectivity index (χ3n) is 4.05. The van der Waals surface area contributed by atoms with Crippen molar-refractivity contribution >= 4 is 23.8 Å². The average Bonchev–Trinajstić information content (AvgIpc) is 3.05. The molecule has 24 heavy (non-hydrogen) atoms. The Bertz CT molecular complexity index is 910. The molecule has 0 spiro atoms. The van der Waals surface area contributed by atoms with Crippen molar-refractivity contribution in [3.05, 3.63) is 70.9 Å². The second-order valence-electron chi connectivity index (χ2n) is 5.61. The monoisotopic (exact) mass is 338 g/mol. The van der Waals surface area contributed by atoms with E-state index in [0.717, 1.165) is 5.56 Å². The number of rotatable bonds is 3. The maximum Gasteiger partial charge on any atom is 0.284 e. The van der Waals surface area contributed by atoms with Crippen LogP contribution in [0.1, 0.15) is 11.5 Å². The van der Waals surface area contributed by atoms with Crippen LogP contribution in [0, 0.1) is 16.7 Å². The van der Waals surface area contributed by atoms with E-state index in [4.69, 9.17) is 16.6 Å². The molecule has 0 radical (unpaired) electrons. The molecule has 1 aliphatic heterocycles. The summed E-state index contributed by atoms with van der Waals surface area (Å²) in [5.41, 5.74) is 1.61. The lowest BCUT2D eigenvalue weighted by Gasteiger charge is -2.33. The fraction of sp³-hybridized carbons (Fsp3) is 0.176. The third-order valence-corrected chi connectivity index (χ3v) is 4.23. The largest absolute Gasteiger partial charge is 0.408 e. The second kappa shape index (κ2) is 6.01. The van der Waals surface area contributed by atoms with Gasteiger partial charge >= 0.3 is 0 Å². The summed E-state index contributed by atoms with van der Waals surface area (Å²) in [5, 5.41) is 12.7. The minimum Gasteiger partial charge on any atom is -0.408 e. The highest BCUT2D eigenvalue weighted by molar-refractivity contribution is 7.71. The summed E-state index contributed by atoms with van der Waals surface area (Å²) < 4.78 is 5.43. The van der Waals surface area contributed by atoms with Crippen molar-refractivity contribution in [3.8, 4) is 0 Å². The molecular formula is C17H14N4O2S. The van der Waals surface area contributed by atoms with Gasteiger partial charge in [-0.05, 0) is 17.8 Å². The average molecular weight is 338 g/mol. The smallest absolute Gasteiger partial charge is 0.284 e. The number of amides is 1. The molecule has 0 unspecified atom stereocenters. The van der Waals surface area contributed by atoms with Crippen LogP contribution in [0.3, 0.4) is 0 Å². The Labute approximate surface area is 143 Å². The van der Waals surface area contributed by atoms with E-state index in [2.05, 4.69) is 15.3 Å². The van der Waals surface area contributed by atoms with E-state index in [1.54, 1.807) is 0 Å². The number of benzene rings is 1. The van der Waals surface area contributed by atoms with Crippen molar-refractivity contribution in [2.75, 3.05) is 0 Å². The van der Waals surface area contributed by atoms with Gasteiger partial charge in [-0.1, -0.05) is 54.6 Å². The predicted octanol–water partition coefficient (Wildman–Crippen LogP) is 2.84. The van der Waals surface area contributed by atoms with Crippen LogP contribution in [0.5, 0.6) is 0 Å². The van der Waals surface area contributed by atoms with Gasteiger partial charge in [0.25, 0.3) is 16.6 Å². The summed E-state index contributed by atoms with van der Waals surface area (Å²) in [6, 6.07) is 9.74. The molecule has 6 nitrogen and oxygen atoms in total. The summed E-state index contributed by atoms with van der Waals surface area (Å²) in [6.07, 6.45) is 7.61. The minimum atomic E-state index is -0.313. The molecule has 0 saturated carbocycles. The van der Waals surface area contributed by atoms with E-state index in [9.17, 15) is 4.79 Å². The minimum absolute atomic E-state index is 0.0395. The Morgan fingerprint density at radius 3 is 2.62 bits per heavy atom. The van der Waals surface area contributed by atoms with Gasteiger partial charge in [-0.3, -0.25) is 4.79 Å². The van der Waals surface area contributed by atoms with Gasteiger partial charge in [0.2, 0.25) is 0 Å². The SMILES string of the molecule is O=C1[C@@H]2C=CC=C[C@H]2C(c2n[nH]c(=S)o2)=NN1Cc1ccccc1. The number of nitrogens with one attached hydrogen (secondary N) is 1. The molecule has 4 rings (SSSR count). The van der Waals surface area contributed by atoms with Gasteiger partial charge in [0.1, 0.15) is 5.71 Å². The molecule has 1 aliphatic carbocycles. The predicted molar refractivity (Wildman–Crippen MR) is 90.5 cm³/mol. The molecule has 1 amide bonds. The van der Waals surface area contributed by atoms with Crippen molar-refractivity contribution in [2.24, 2.45) is 16.9 Å². The highest BCUT2D eigenvalue weighted by atomic mass is 32.1. The third kappa shape index (κ3) is 2.63. The van der Waals surface area contributed by atoms with Crippen LogP contribution in [0.2, 0.25) is 0 Å². The van der Waals surface area contributed by atoms with Crippen LogP contribution in [-0.2, 0) is 11.3 Å². The number of hydrogen-bond donors (Lipinski definition) is 1. The number of allylic oxidation sites excluding steroid dienone is 3. The van der Waals surface area contributed by atoms with Crippen LogP contribution < -0.4 is 0 Å². The Balaban J connectivity index is 1.75. The topological polar surface area (TPSA) is 74.5 Å². The van der Waals surface area contributed by atoms with E-state index in [0.29, 0.717) is 18.1 Å². The first-order valence-corrected chi connectivity index (χ1v) is 7.98. The van der Waals surface area contributed by atoms with Crippen LogP contribution in [-0.4, -0.2) is 26.8 Å². The van der Waals surface area contributed by atoms with E-state index in [1.807, 2.05) is 54.6 Å². The normalized spacial score (nSPS) is 22.4. The number of hydrogen-bond acceptors (Lipinski definition) is 5. The van der Waals surface area contributed by atoms with Gasteiger partial charge in [-0.15, -0.1) is 5.10 Å². The molecule has 2 atom stereocenters. The second-order valence-corrected chi connectivity index (χ2v) is 5.98. The zero-order valence-electron chi connectivity index (χ0n) is 12.6. The van der Waals surface area contributed by atoms with Crippen molar-refractivity contribution in [1.29, 1.82) is 0 Å². The number of aromatic amines is 1. The van der Waals surface area contributed by atoms with Gasteiger partial charge in [0.15, 0.2) is 0 Å². The molecule has 1 aromatic heterocycles. The number of nitrogens with zero attached hydrogens (tertiary/aromatic N) is 3. The van der Waals surface area contributed by atoms with Gasteiger partial charge in [-0.2, -0.15) is 5.10 Å². The molecule has 0 bridgehead atoms. The summed E-state index contributed by atoms with van der Waals surface area (Å²) in [6.45, 7) is 0.398. The van der Waals surface area contributed by atoms with Crippen LogP contribution in [0.25, 0.3) is 0 Å². The van der Waals surface area contributed by atoms with E-state index >= 15 is 0 Å². The van der Waals surface area contributed by atoms with Gasteiger partial charge in [0, 0.05) is 5.92 Å². The lowest BCUT2D eigenvalue weighted by molar-refractivity contribution is -0.136. The molecule has 1 N–H and O–H groups in total. The fourth-order valence-electron chi connectivity index (χ4n) is 2.92. The van der Waals surface area contributed by atoms with Crippen LogP contribution in [0.4, 0.5) is 0 Å². The van der Waals surface area contributed by atoms with Crippen LogP contribution in [0.15, 0.2) is 64.2 Å². The number of carbonyl (C=O) groups is 1. The molecule has 2 heterocycles. The quantitative estimate of drug-likeness (QED) is 0.873. The van der Waals surface area contributed by atoms with Crippen molar-refractivity contribution < 1.29 is 9.21 Å². The van der Waals surface area contributed by atoms with Crippen molar-refractivity contribution in [3.63, 3.8) is 0 Å².